The molecule has 4 rings (SSSR count). The first-order valence-corrected chi connectivity index (χ1v) is 18.2. The molecule has 0 aliphatic rings. The van der Waals surface area contributed by atoms with E-state index >= 15 is 0 Å². The fourth-order valence-corrected chi connectivity index (χ4v) is 6.75. The van der Waals surface area contributed by atoms with E-state index in [4.69, 9.17) is 0 Å². The van der Waals surface area contributed by atoms with Gasteiger partial charge < -0.3 is 10.2 Å². The monoisotopic (exact) mass is 680 g/mol. The Kier molecular flexibility index (Phi) is 10.2. The van der Waals surface area contributed by atoms with Crippen molar-refractivity contribution in [1.29, 1.82) is 0 Å². The molecule has 0 saturated heterocycles. The standard InChI is InChI=1S/C42H52N2O4S/c1-39(2,3)29-19-27(37(45)35(21-29)41(7,8)9)25-43-31-15-13-17-33(23-31)49(47,48)34-18-14-16-32(24-34)44-26-28-20-30(40(4,5)6)22-36(38(28)46)42(10,11)12/h13-26,45-46H,1-12H3. The Bertz CT molecular complexity index is 1890. The summed E-state index contributed by atoms with van der Waals surface area (Å²) >= 11 is 0. The van der Waals surface area contributed by atoms with E-state index in [9.17, 15) is 18.6 Å². The summed E-state index contributed by atoms with van der Waals surface area (Å²) in [4.78, 5) is 9.37. The van der Waals surface area contributed by atoms with Crippen LogP contribution in [0.3, 0.4) is 0 Å². The predicted octanol–water partition coefficient (Wildman–Crippen LogP) is 10.6. The van der Waals surface area contributed by atoms with Gasteiger partial charge in [-0.25, -0.2) is 8.42 Å². The number of nitrogens with zero attached hydrogens (tertiary/aromatic N) is 2. The maximum Gasteiger partial charge on any atom is 0.206 e. The molecule has 0 aliphatic carbocycles. The third-order valence-corrected chi connectivity index (χ3v) is 10.3. The first kappa shape index (κ1) is 37.6. The molecule has 0 aliphatic heterocycles. The van der Waals surface area contributed by atoms with E-state index in [-0.39, 0.29) is 42.9 Å². The molecule has 0 spiro atoms. The number of aliphatic imine (C=N–C) groups is 2. The number of hydrogen-bond donors (Lipinski definition) is 2. The van der Waals surface area contributed by atoms with Crippen LogP contribution in [-0.2, 0) is 31.5 Å². The molecular weight excluding hydrogens is 629 g/mol. The molecule has 0 radical (unpaired) electrons. The lowest BCUT2D eigenvalue weighted by molar-refractivity contribution is 0.443. The number of phenolic OH excluding ortho intramolecular Hbond substituents is 2. The minimum Gasteiger partial charge on any atom is -0.507 e. The molecule has 0 aromatic heterocycles. The van der Waals surface area contributed by atoms with Crippen molar-refractivity contribution in [2.75, 3.05) is 0 Å². The van der Waals surface area contributed by atoms with E-state index in [2.05, 4.69) is 93.1 Å². The fourth-order valence-electron chi connectivity index (χ4n) is 5.41. The first-order valence-electron chi connectivity index (χ1n) is 16.7. The summed E-state index contributed by atoms with van der Waals surface area (Å²) in [6.07, 6.45) is 3.19. The van der Waals surface area contributed by atoms with Gasteiger partial charge in [0.05, 0.1) is 21.2 Å². The van der Waals surface area contributed by atoms with Crippen LogP contribution in [-0.4, -0.2) is 31.1 Å². The molecule has 4 aromatic rings. The van der Waals surface area contributed by atoms with Crippen LogP contribution in [0.4, 0.5) is 11.4 Å². The Morgan fingerprint density at radius 3 is 1.16 bits per heavy atom. The van der Waals surface area contributed by atoms with Crippen LogP contribution >= 0.6 is 0 Å². The van der Waals surface area contributed by atoms with Crippen molar-refractivity contribution in [2.45, 2.75) is 115 Å². The van der Waals surface area contributed by atoms with Gasteiger partial charge in [-0.15, -0.1) is 0 Å². The molecule has 0 fully saturated rings. The van der Waals surface area contributed by atoms with Crippen LogP contribution in [0.2, 0.25) is 0 Å². The third kappa shape index (κ3) is 8.69. The molecule has 260 valence electrons. The molecule has 49 heavy (non-hydrogen) atoms. The van der Waals surface area contributed by atoms with E-state index in [1.807, 2.05) is 24.3 Å². The lowest BCUT2D eigenvalue weighted by Gasteiger charge is -2.27. The lowest BCUT2D eigenvalue weighted by atomic mass is 9.79. The number of sulfone groups is 1. The van der Waals surface area contributed by atoms with E-state index in [0.29, 0.717) is 22.5 Å². The molecule has 0 unspecified atom stereocenters. The van der Waals surface area contributed by atoms with Crippen molar-refractivity contribution >= 4 is 33.6 Å². The van der Waals surface area contributed by atoms with Gasteiger partial charge in [-0.1, -0.05) is 107 Å². The highest BCUT2D eigenvalue weighted by atomic mass is 32.2. The van der Waals surface area contributed by atoms with Gasteiger partial charge in [-0.2, -0.15) is 0 Å². The molecule has 0 heterocycles. The van der Waals surface area contributed by atoms with Crippen molar-refractivity contribution in [3.63, 3.8) is 0 Å². The summed E-state index contributed by atoms with van der Waals surface area (Å²) in [6.45, 7) is 25.1. The quantitative estimate of drug-likeness (QED) is 0.198. The number of phenols is 2. The SMILES string of the molecule is CC(C)(C)c1cc(C=Nc2cccc(S(=O)(=O)c3cccc(N=Cc4cc(C(C)(C)C)cc(C(C)(C)C)c4O)c3)c2)c(O)c(C(C)(C)C)c1. The second-order valence-electron chi connectivity index (χ2n) is 16.9. The topological polar surface area (TPSA) is 99.3 Å². The third-order valence-electron chi connectivity index (χ3n) is 8.59. The zero-order valence-electron chi connectivity index (χ0n) is 31.1. The average molecular weight is 681 g/mol. The van der Waals surface area contributed by atoms with Gasteiger partial charge in [0.15, 0.2) is 0 Å². The fraction of sp³-hybridized carbons (Fsp3) is 0.381. The highest BCUT2D eigenvalue weighted by Crippen LogP contribution is 2.39. The van der Waals surface area contributed by atoms with E-state index in [1.165, 1.54) is 12.1 Å². The lowest BCUT2D eigenvalue weighted by Crippen LogP contribution is -2.17. The molecule has 7 heteroatoms. The highest BCUT2D eigenvalue weighted by molar-refractivity contribution is 7.91. The largest absolute Gasteiger partial charge is 0.507 e. The number of aromatic hydroxyl groups is 2. The van der Waals surface area contributed by atoms with Gasteiger partial charge in [0.1, 0.15) is 11.5 Å². The van der Waals surface area contributed by atoms with Crippen molar-refractivity contribution < 1.29 is 18.6 Å². The first-order chi connectivity index (χ1) is 22.4. The van der Waals surface area contributed by atoms with Crippen molar-refractivity contribution in [3.05, 3.63) is 106 Å². The summed E-state index contributed by atoms with van der Waals surface area (Å²) in [6, 6.07) is 20.9. The molecule has 0 amide bonds. The molecule has 6 nitrogen and oxygen atoms in total. The summed E-state index contributed by atoms with van der Waals surface area (Å²) < 4.78 is 27.7. The van der Waals surface area contributed by atoms with E-state index in [1.54, 1.807) is 48.8 Å². The Hall–Kier alpha value is -4.23. The minimum absolute atomic E-state index is 0.0941. The zero-order valence-corrected chi connectivity index (χ0v) is 31.9. The summed E-state index contributed by atoms with van der Waals surface area (Å²) in [5, 5.41) is 22.3. The Balaban J connectivity index is 1.69. The maximum atomic E-state index is 13.8. The highest BCUT2D eigenvalue weighted by Gasteiger charge is 2.26. The summed E-state index contributed by atoms with van der Waals surface area (Å²) in [5.41, 5.74) is 4.97. The molecular formula is C42H52N2O4S. The molecule has 2 N–H and O–H groups in total. The van der Waals surface area contributed by atoms with Gasteiger partial charge in [0, 0.05) is 34.7 Å². The molecule has 0 saturated carbocycles. The maximum absolute atomic E-state index is 13.8. The summed E-state index contributed by atoms with van der Waals surface area (Å²) in [7, 11) is -3.92. The van der Waals surface area contributed by atoms with Crippen LogP contribution in [0.1, 0.15) is 116 Å². The van der Waals surface area contributed by atoms with E-state index in [0.717, 1.165) is 22.3 Å². The van der Waals surface area contributed by atoms with Crippen molar-refractivity contribution in [1.82, 2.24) is 0 Å². The molecule has 4 aromatic carbocycles. The van der Waals surface area contributed by atoms with Crippen LogP contribution in [0.25, 0.3) is 0 Å². The van der Waals surface area contributed by atoms with E-state index < -0.39 is 9.84 Å². The number of hydrogen-bond acceptors (Lipinski definition) is 6. The van der Waals surface area contributed by atoms with Crippen molar-refractivity contribution in [3.8, 4) is 11.5 Å². The number of rotatable bonds is 6. The van der Waals surface area contributed by atoms with Gasteiger partial charge in [-0.3, -0.25) is 9.98 Å². The smallest absolute Gasteiger partial charge is 0.206 e. The molecule has 0 bridgehead atoms. The molecule has 0 atom stereocenters. The van der Waals surface area contributed by atoms with Gasteiger partial charge in [0.25, 0.3) is 0 Å². The predicted molar refractivity (Wildman–Crippen MR) is 204 cm³/mol. The van der Waals surface area contributed by atoms with Crippen LogP contribution in [0.5, 0.6) is 11.5 Å². The minimum atomic E-state index is -3.92. The number of benzene rings is 4. The average Bonchev–Trinajstić information content (AvgIpc) is 2.98. The zero-order chi connectivity index (χ0) is 36.7. The normalized spacial score (nSPS) is 13.5. The summed E-state index contributed by atoms with van der Waals surface area (Å²) in [5.74, 6) is 0.331. The van der Waals surface area contributed by atoms with Gasteiger partial charge in [0.2, 0.25) is 9.84 Å². The Labute approximate surface area is 293 Å². The van der Waals surface area contributed by atoms with Crippen molar-refractivity contribution in [2.24, 2.45) is 9.98 Å². The Morgan fingerprint density at radius 2 is 0.857 bits per heavy atom. The van der Waals surface area contributed by atoms with Gasteiger partial charge >= 0.3 is 0 Å². The second kappa shape index (κ2) is 13.2. The van der Waals surface area contributed by atoms with Crippen LogP contribution in [0.15, 0.2) is 92.6 Å². The second-order valence-corrected chi connectivity index (χ2v) is 18.9. The van der Waals surface area contributed by atoms with Crippen LogP contribution in [0, 0.1) is 0 Å². The van der Waals surface area contributed by atoms with Crippen LogP contribution < -0.4 is 0 Å². The van der Waals surface area contributed by atoms with Gasteiger partial charge in [-0.05, 0) is 81.3 Å². The Morgan fingerprint density at radius 1 is 0.510 bits per heavy atom.